The Balaban J connectivity index is 2.62. The summed E-state index contributed by atoms with van der Waals surface area (Å²) in [6.45, 7) is 9.69. The maximum atomic E-state index is 12.5. The van der Waals surface area contributed by atoms with E-state index in [0.29, 0.717) is 12.5 Å². The van der Waals surface area contributed by atoms with Crippen molar-refractivity contribution < 1.29 is 9.53 Å². The quantitative estimate of drug-likeness (QED) is 0.630. The smallest absolute Gasteiger partial charge is 0.326 e. The molecule has 1 rings (SSSR count). The normalized spacial score (nSPS) is 25.5. The molecule has 0 amide bonds. The Hall–Kier alpha value is -0.610. The van der Waals surface area contributed by atoms with Gasteiger partial charge in [0.2, 0.25) is 0 Å². The largest absolute Gasteiger partial charge is 0.465 e. The van der Waals surface area contributed by atoms with Gasteiger partial charge in [0.25, 0.3) is 0 Å². The maximum Gasteiger partial charge on any atom is 0.326 e. The summed E-state index contributed by atoms with van der Waals surface area (Å²) < 4.78 is 5.37. The number of esters is 1. The van der Waals surface area contributed by atoms with Gasteiger partial charge in [-0.15, -0.1) is 0 Å². The highest BCUT2D eigenvalue weighted by molar-refractivity contribution is 5.81. The molecule has 0 radical (unpaired) electrons. The van der Waals surface area contributed by atoms with E-state index in [1.54, 1.807) is 0 Å². The van der Waals surface area contributed by atoms with Crippen molar-refractivity contribution >= 4 is 5.97 Å². The molecule has 0 heterocycles. The van der Waals surface area contributed by atoms with Gasteiger partial charge in [-0.2, -0.15) is 0 Å². The lowest BCUT2D eigenvalue weighted by Crippen LogP contribution is -2.56. The molecule has 1 aliphatic carbocycles. The van der Waals surface area contributed by atoms with Crippen LogP contribution in [0.3, 0.4) is 0 Å². The third-order valence-electron chi connectivity index (χ3n) is 4.71. The molecule has 0 aromatic rings. The van der Waals surface area contributed by atoms with Crippen LogP contribution in [0.15, 0.2) is 0 Å². The summed E-state index contributed by atoms with van der Waals surface area (Å²) in [6.07, 6.45) is 6.73. The first-order valence-corrected chi connectivity index (χ1v) is 8.71. The number of carbonyl (C=O) groups excluding carboxylic acids is 1. The minimum atomic E-state index is -0.434. The van der Waals surface area contributed by atoms with E-state index in [-0.39, 0.29) is 5.97 Å². The Bertz CT molecular complexity index is 309. The van der Waals surface area contributed by atoms with Crippen molar-refractivity contribution in [3.8, 4) is 0 Å². The number of ether oxygens (including phenoxy) is 1. The first-order valence-electron chi connectivity index (χ1n) is 8.71. The van der Waals surface area contributed by atoms with Gasteiger partial charge >= 0.3 is 5.97 Å². The van der Waals surface area contributed by atoms with Gasteiger partial charge in [-0.1, -0.05) is 26.7 Å². The average molecular weight is 298 g/mol. The number of nitrogens with one attached hydrogen (secondary N) is 1. The molecule has 1 N–H and O–H groups in total. The van der Waals surface area contributed by atoms with E-state index in [4.69, 9.17) is 4.74 Å². The van der Waals surface area contributed by atoms with E-state index in [2.05, 4.69) is 31.1 Å². The molecule has 0 saturated heterocycles. The van der Waals surface area contributed by atoms with E-state index in [1.165, 1.54) is 12.8 Å². The zero-order chi connectivity index (χ0) is 15.7. The van der Waals surface area contributed by atoms with Crippen LogP contribution in [0.2, 0.25) is 0 Å². The molecule has 4 nitrogen and oxygen atoms in total. The highest BCUT2D eigenvalue weighted by Gasteiger charge is 2.49. The molecule has 0 aromatic carbocycles. The van der Waals surface area contributed by atoms with Gasteiger partial charge in [-0.05, 0) is 65.2 Å². The van der Waals surface area contributed by atoms with Crippen molar-refractivity contribution in [2.75, 3.05) is 33.3 Å². The van der Waals surface area contributed by atoms with Crippen molar-refractivity contribution in [2.24, 2.45) is 5.92 Å². The molecule has 1 fully saturated rings. The molecule has 1 saturated carbocycles. The summed E-state index contributed by atoms with van der Waals surface area (Å²) in [7, 11) is 2.18. The van der Waals surface area contributed by atoms with Gasteiger partial charge in [0, 0.05) is 0 Å². The Kier molecular flexibility index (Phi) is 8.27. The number of hydrogen-bond donors (Lipinski definition) is 1. The summed E-state index contributed by atoms with van der Waals surface area (Å²) >= 11 is 0. The van der Waals surface area contributed by atoms with Crippen LogP contribution in [0.5, 0.6) is 0 Å². The van der Waals surface area contributed by atoms with Crippen LogP contribution in [0.4, 0.5) is 0 Å². The third kappa shape index (κ3) is 4.96. The first kappa shape index (κ1) is 18.4. The SMILES string of the molecule is CCCCN(C)CCC1CCCC1(NCC)C(=O)OCC. The molecule has 2 atom stereocenters. The van der Waals surface area contributed by atoms with Crippen molar-refractivity contribution in [1.82, 2.24) is 10.2 Å². The second-order valence-corrected chi connectivity index (χ2v) is 6.26. The molecule has 1 aliphatic rings. The Labute approximate surface area is 130 Å². The van der Waals surface area contributed by atoms with E-state index in [9.17, 15) is 4.79 Å². The van der Waals surface area contributed by atoms with Crippen LogP contribution in [-0.4, -0.2) is 49.7 Å². The molecule has 124 valence electrons. The lowest BCUT2D eigenvalue weighted by Gasteiger charge is -2.34. The van der Waals surface area contributed by atoms with Gasteiger partial charge in [0.15, 0.2) is 0 Å². The molecule has 0 aliphatic heterocycles. The summed E-state index contributed by atoms with van der Waals surface area (Å²) in [5, 5.41) is 3.47. The molecule has 0 bridgehead atoms. The Morgan fingerprint density at radius 1 is 1.33 bits per heavy atom. The van der Waals surface area contributed by atoms with Crippen molar-refractivity contribution in [3.05, 3.63) is 0 Å². The van der Waals surface area contributed by atoms with Crippen LogP contribution < -0.4 is 5.32 Å². The van der Waals surface area contributed by atoms with Gasteiger partial charge in [-0.3, -0.25) is 4.79 Å². The molecule has 4 heteroatoms. The molecule has 0 aromatic heterocycles. The fraction of sp³-hybridized carbons (Fsp3) is 0.941. The predicted octanol–water partition coefficient (Wildman–Crippen LogP) is 2.82. The second-order valence-electron chi connectivity index (χ2n) is 6.26. The maximum absolute atomic E-state index is 12.5. The van der Waals surface area contributed by atoms with Gasteiger partial charge in [0.1, 0.15) is 5.54 Å². The van der Waals surface area contributed by atoms with Crippen LogP contribution in [-0.2, 0) is 9.53 Å². The zero-order valence-corrected chi connectivity index (χ0v) is 14.4. The summed E-state index contributed by atoms with van der Waals surface area (Å²) in [4.78, 5) is 14.9. The lowest BCUT2D eigenvalue weighted by molar-refractivity contribution is -0.153. The van der Waals surface area contributed by atoms with Crippen LogP contribution in [0.25, 0.3) is 0 Å². The average Bonchev–Trinajstić information content (AvgIpc) is 2.87. The van der Waals surface area contributed by atoms with Gasteiger partial charge in [0.05, 0.1) is 6.61 Å². The fourth-order valence-electron chi connectivity index (χ4n) is 3.53. The number of nitrogens with zero attached hydrogens (tertiary/aromatic N) is 1. The van der Waals surface area contributed by atoms with E-state index in [1.807, 2.05) is 6.92 Å². The Morgan fingerprint density at radius 2 is 2.10 bits per heavy atom. The predicted molar refractivity (Wildman–Crippen MR) is 87.4 cm³/mol. The van der Waals surface area contributed by atoms with E-state index < -0.39 is 5.54 Å². The second kappa shape index (κ2) is 9.42. The van der Waals surface area contributed by atoms with Crippen LogP contribution in [0.1, 0.15) is 59.3 Å². The number of likely N-dealkylation sites (N-methyl/N-ethyl adjacent to an activating group) is 1. The monoisotopic (exact) mass is 298 g/mol. The van der Waals surface area contributed by atoms with Crippen molar-refractivity contribution in [2.45, 2.75) is 64.8 Å². The van der Waals surface area contributed by atoms with Crippen LogP contribution in [0, 0.1) is 5.92 Å². The fourth-order valence-corrected chi connectivity index (χ4v) is 3.53. The highest BCUT2D eigenvalue weighted by Crippen LogP contribution is 2.39. The summed E-state index contributed by atoms with van der Waals surface area (Å²) in [5.41, 5.74) is -0.434. The van der Waals surface area contributed by atoms with Gasteiger partial charge < -0.3 is 15.0 Å². The van der Waals surface area contributed by atoms with Crippen molar-refractivity contribution in [3.63, 3.8) is 0 Å². The molecule has 21 heavy (non-hydrogen) atoms. The number of hydrogen-bond acceptors (Lipinski definition) is 4. The van der Waals surface area contributed by atoms with Crippen molar-refractivity contribution in [1.29, 1.82) is 0 Å². The lowest BCUT2D eigenvalue weighted by atomic mass is 9.84. The molecular weight excluding hydrogens is 264 g/mol. The van der Waals surface area contributed by atoms with E-state index in [0.717, 1.165) is 45.3 Å². The minimum Gasteiger partial charge on any atom is -0.465 e. The molecular formula is C17H34N2O2. The first-order chi connectivity index (χ1) is 10.1. The topological polar surface area (TPSA) is 41.6 Å². The van der Waals surface area contributed by atoms with Gasteiger partial charge in [-0.25, -0.2) is 0 Å². The minimum absolute atomic E-state index is 0.0365. The summed E-state index contributed by atoms with van der Waals surface area (Å²) in [6, 6.07) is 0. The summed E-state index contributed by atoms with van der Waals surface area (Å²) in [5.74, 6) is 0.367. The third-order valence-corrected chi connectivity index (χ3v) is 4.71. The standard InChI is InChI=1S/C17H34N2O2/c1-5-8-13-19(4)14-11-15-10-9-12-17(15,18-6-2)16(20)21-7-3/h15,18H,5-14H2,1-4H3. The number of rotatable bonds is 10. The molecule has 2 unspecified atom stereocenters. The Morgan fingerprint density at radius 3 is 2.71 bits per heavy atom. The molecule has 0 spiro atoms. The number of unbranched alkanes of at least 4 members (excludes halogenated alkanes) is 1. The van der Waals surface area contributed by atoms with E-state index >= 15 is 0 Å². The number of carbonyl (C=O) groups is 1. The van der Waals surface area contributed by atoms with Crippen LogP contribution >= 0.6 is 0 Å². The zero-order valence-electron chi connectivity index (χ0n) is 14.4. The highest BCUT2D eigenvalue weighted by atomic mass is 16.5.